The van der Waals surface area contributed by atoms with Gasteiger partial charge < -0.3 is 39.1 Å². The Kier molecular flexibility index (Phi) is 6.75. The standard InChI is InChI=1S/C25H24O11/c1-11(26)33-18-8-7-17(21(31)24(18)34-12(2)27)35-25-22(32)20-16(30)9-15(29)10-19(20)36-23(25)13-3-5-14(28)6-4-13/h3-6,9-10,17-18,21,24,28-31H,7-8H2,1-2H3/t17-,18+,21+,24-/m0/s1. The maximum Gasteiger partial charge on any atom is 0.303 e. The molecule has 1 aliphatic rings. The van der Waals surface area contributed by atoms with Crippen LogP contribution in [-0.2, 0) is 19.1 Å². The van der Waals surface area contributed by atoms with Crippen molar-refractivity contribution in [2.24, 2.45) is 0 Å². The summed E-state index contributed by atoms with van der Waals surface area (Å²) in [5.74, 6) is -2.69. The van der Waals surface area contributed by atoms with Crippen molar-refractivity contribution in [1.29, 1.82) is 0 Å². The van der Waals surface area contributed by atoms with Crippen molar-refractivity contribution in [3.05, 3.63) is 46.6 Å². The average Bonchev–Trinajstić information content (AvgIpc) is 2.79. The highest BCUT2D eigenvalue weighted by atomic mass is 16.6. The summed E-state index contributed by atoms with van der Waals surface area (Å²) in [5.41, 5.74) is -0.579. The molecule has 1 saturated carbocycles. The van der Waals surface area contributed by atoms with E-state index in [1.54, 1.807) is 0 Å². The van der Waals surface area contributed by atoms with E-state index in [1.165, 1.54) is 31.2 Å². The van der Waals surface area contributed by atoms with Gasteiger partial charge in [-0.15, -0.1) is 0 Å². The summed E-state index contributed by atoms with van der Waals surface area (Å²) in [6, 6.07) is 7.77. The smallest absolute Gasteiger partial charge is 0.303 e. The molecule has 0 spiro atoms. The molecule has 11 heteroatoms. The maximum atomic E-state index is 13.5. The normalized spacial score (nSPS) is 21.6. The molecular weight excluding hydrogens is 476 g/mol. The molecule has 3 aromatic rings. The lowest BCUT2D eigenvalue weighted by Gasteiger charge is -2.38. The van der Waals surface area contributed by atoms with E-state index in [2.05, 4.69) is 0 Å². The Morgan fingerprint density at radius 3 is 2.19 bits per heavy atom. The number of phenols is 3. The Hall–Kier alpha value is -4.25. The van der Waals surface area contributed by atoms with E-state index in [-0.39, 0.29) is 46.8 Å². The lowest BCUT2D eigenvalue weighted by Crippen LogP contribution is -2.54. The van der Waals surface area contributed by atoms with Crippen molar-refractivity contribution in [1.82, 2.24) is 0 Å². The predicted molar refractivity (Wildman–Crippen MR) is 124 cm³/mol. The Morgan fingerprint density at radius 2 is 1.56 bits per heavy atom. The van der Waals surface area contributed by atoms with Gasteiger partial charge in [-0.3, -0.25) is 14.4 Å². The van der Waals surface area contributed by atoms with Gasteiger partial charge in [0.2, 0.25) is 11.2 Å². The van der Waals surface area contributed by atoms with Crippen LogP contribution in [0.4, 0.5) is 0 Å². The van der Waals surface area contributed by atoms with Gasteiger partial charge in [0.05, 0.1) is 0 Å². The highest BCUT2D eigenvalue weighted by Crippen LogP contribution is 2.38. The molecule has 0 bridgehead atoms. The summed E-state index contributed by atoms with van der Waals surface area (Å²) in [6.45, 7) is 2.33. The minimum Gasteiger partial charge on any atom is -0.508 e. The van der Waals surface area contributed by atoms with Crippen LogP contribution in [0, 0.1) is 0 Å². The molecule has 11 nitrogen and oxygen atoms in total. The van der Waals surface area contributed by atoms with Crippen molar-refractivity contribution in [3.63, 3.8) is 0 Å². The number of rotatable bonds is 5. The monoisotopic (exact) mass is 500 g/mol. The SMILES string of the molecule is CC(=O)O[C@@H]1[C@H](O)[C@@H](Oc2c(-c3ccc(O)cc3)oc3cc(O)cc(O)c3c2=O)CC[C@H]1OC(C)=O. The molecule has 0 amide bonds. The van der Waals surface area contributed by atoms with Crippen LogP contribution in [0.5, 0.6) is 23.0 Å². The Balaban J connectivity index is 1.80. The summed E-state index contributed by atoms with van der Waals surface area (Å²) >= 11 is 0. The summed E-state index contributed by atoms with van der Waals surface area (Å²) in [7, 11) is 0. The number of aliphatic hydroxyl groups is 1. The molecule has 0 radical (unpaired) electrons. The largest absolute Gasteiger partial charge is 0.508 e. The number of benzene rings is 2. The zero-order valence-corrected chi connectivity index (χ0v) is 19.3. The lowest BCUT2D eigenvalue weighted by molar-refractivity contribution is -0.190. The van der Waals surface area contributed by atoms with Gasteiger partial charge in [-0.25, -0.2) is 0 Å². The van der Waals surface area contributed by atoms with E-state index in [0.29, 0.717) is 5.56 Å². The van der Waals surface area contributed by atoms with Gasteiger partial charge in [-0.2, -0.15) is 0 Å². The zero-order chi connectivity index (χ0) is 26.1. The van der Waals surface area contributed by atoms with E-state index >= 15 is 0 Å². The molecule has 0 saturated heterocycles. The first-order chi connectivity index (χ1) is 17.0. The summed E-state index contributed by atoms with van der Waals surface area (Å²) in [6.07, 6.45) is -4.46. The van der Waals surface area contributed by atoms with Crippen LogP contribution in [0.15, 0.2) is 45.6 Å². The third kappa shape index (κ3) is 4.91. The van der Waals surface area contributed by atoms with Crippen molar-refractivity contribution in [2.75, 3.05) is 0 Å². The molecule has 2 aromatic carbocycles. The Bertz CT molecular complexity index is 1360. The molecule has 0 unspecified atom stereocenters. The third-order valence-corrected chi connectivity index (χ3v) is 5.76. The van der Waals surface area contributed by atoms with Crippen LogP contribution < -0.4 is 10.2 Å². The van der Waals surface area contributed by atoms with Crippen LogP contribution in [0.25, 0.3) is 22.3 Å². The number of carbonyl (C=O) groups is 2. The Labute approximate surface area is 204 Å². The summed E-state index contributed by atoms with van der Waals surface area (Å²) in [5, 5.41) is 40.5. The van der Waals surface area contributed by atoms with Crippen molar-refractivity contribution in [3.8, 4) is 34.3 Å². The van der Waals surface area contributed by atoms with Gasteiger partial charge in [-0.1, -0.05) is 0 Å². The summed E-state index contributed by atoms with van der Waals surface area (Å²) in [4.78, 5) is 36.6. The van der Waals surface area contributed by atoms with Crippen LogP contribution in [0.1, 0.15) is 26.7 Å². The molecule has 4 N–H and O–H groups in total. The van der Waals surface area contributed by atoms with Crippen molar-refractivity contribution < 1.29 is 48.6 Å². The second-order valence-corrected chi connectivity index (χ2v) is 8.42. The van der Waals surface area contributed by atoms with Crippen LogP contribution >= 0.6 is 0 Å². The first kappa shape index (κ1) is 24.9. The molecule has 1 heterocycles. The fraction of sp³-hybridized carbons (Fsp3) is 0.320. The Morgan fingerprint density at radius 1 is 0.917 bits per heavy atom. The molecule has 1 aliphatic carbocycles. The quantitative estimate of drug-likeness (QED) is 0.379. The molecule has 1 aromatic heterocycles. The molecule has 1 fully saturated rings. The number of phenolic OH excluding ortho intramolecular Hbond substituents is 3. The number of carbonyl (C=O) groups excluding carboxylic acids is 2. The average molecular weight is 500 g/mol. The first-order valence-corrected chi connectivity index (χ1v) is 11.1. The van der Waals surface area contributed by atoms with E-state index < -0.39 is 47.5 Å². The van der Waals surface area contributed by atoms with Crippen LogP contribution in [-0.4, -0.2) is 56.8 Å². The fourth-order valence-electron chi connectivity index (χ4n) is 4.23. The number of hydrogen-bond donors (Lipinski definition) is 4. The first-order valence-electron chi connectivity index (χ1n) is 11.1. The molecule has 0 aliphatic heterocycles. The lowest BCUT2D eigenvalue weighted by atomic mass is 9.89. The maximum absolute atomic E-state index is 13.5. The zero-order valence-electron chi connectivity index (χ0n) is 19.3. The van der Waals surface area contributed by atoms with Crippen LogP contribution in [0.3, 0.4) is 0 Å². The number of fused-ring (bicyclic) bond motifs is 1. The number of aliphatic hydroxyl groups excluding tert-OH is 1. The highest BCUT2D eigenvalue weighted by molar-refractivity contribution is 5.88. The van der Waals surface area contributed by atoms with E-state index in [4.69, 9.17) is 18.6 Å². The van der Waals surface area contributed by atoms with Gasteiger partial charge >= 0.3 is 11.9 Å². The van der Waals surface area contributed by atoms with Crippen LogP contribution in [0.2, 0.25) is 0 Å². The number of ether oxygens (including phenoxy) is 3. The molecule has 190 valence electrons. The van der Waals surface area contributed by atoms with Gasteiger partial charge in [0.25, 0.3) is 0 Å². The van der Waals surface area contributed by atoms with Gasteiger partial charge in [0, 0.05) is 31.5 Å². The highest BCUT2D eigenvalue weighted by Gasteiger charge is 2.44. The topological polar surface area (TPSA) is 173 Å². The number of esters is 2. The third-order valence-electron chi connectivity index (χ3n) is 5.76. The minimum absolute atomic E-state index is 0.0388. The van der Waals surface area contributed by atoms with Gasteiger partial charge in [0.15, 0.2) is 11.9 Å². The number of aromatic hydroxyl groups is 3. The van der Waals surface area contributed by atoms with Crippen molar-refractivity contribution in [2.45, 2.75) is 51.1 Å². The van der Waals surface area contributed by atoms with Gasteiger partial charge in [-0.05, 0) is 37.1 Å². The number of hydrogen-bond acceptors (Lipinski definition) is 11. The molecule has 4 rings (SSSR count). The minimum atomic E-state index is -1.48. The van der Waals surface area contributed by atoms with Crippen molar-refractivity contribution >= 4 is 22.9 Å². The molecule has 36 heavy (non-hydrogen) atoms. The predicted octanol–water partition coefficient (Wildman–Crippen LogP) is 2.34. The summed E-state index contributed by atoms with van der Waals surface area (Å²) < 4.78 is 22.2. The van der Waals surface area contributed by atoms with E-state index in [1.807, 2.05) is 0 Å². The van der Waals surface area contributed by atoms with E-state index in [0.717, 1.165) is 19.1 Å². The second kappa shape index (κ2) is 9.78. The fourth-order valence-corrected chi connectivity index (χ4v) is 4.23. The molecule has 4 atom stereocenters. The molecular formula is C25H24O11. The second-order valence-electron chi connectivity index (χ2n) is 8.42. The van der Waals surface area contributed by atoms with Gasteiger partial charge in [0.1, 0.15) is 46.5 Å². The van der Waals surface area contributed by atoms with E-state index in [9.17, 15) is 34.8 Å².